The molecule has 0 radical (unpaired) electrons. The molecule has 27 heavy (non-hydrogen) atoms. The Labute approximate surface area is 157 Å². The molecule has 0 bridgehead atoms. The van der Waals surface area contributed by atoms with Gasteiger partial charge in [-0.25, -0.2) is 4.98 Å². The molecule has 1 aromatic carbocycles. The first-order valence-corrected chi connectivity index (χ1v) is 9.16. The molecule has 1 amide bonds. The fourth-order valence-electron chi connectivity index (χ4n) is 3.51. The number of ether oxygens (including phenoxy) is 1. The number of amides is 1. The molecule has 7 heteroatoms. The molecule has 3 heterocycles. The smallest absolute Gasteiger partial charge is 0.253 e. The number of carbonyl (C=O) groups is 1. The maximum Gasteiger partial charge on any atom is 0.253 e. The van der Waals surface area contributed by atoms with Crippen LogP contribution in [0, 0.1) is 0 Å². The van der Waals surface area contributed by atoms with Crippen molar-refractivity contribution in [2.24, 2.45) is 0 Å². The average Bonchev–Trinajstić information content (AvgIpc) is 3.14. The van der Waals surface area contributed by atoms with Gasteiger partial charge in [0.15, 0.2) is 0 Å². The van der Waals surface area contributed by atoms with E-state index in [0.29, 0.717) is 12.1 Å². The third kappa shape index (κ3) is 3.78. The summed E-state index contributed by atoms with van der Waals surface area (Å²) in [7, 11) is 0. The van der Waals surface area contributed by atoms with Crippen LogP contribution in [0.1, 0.15) is 29.8 Å². The van der Waals surface area contributed by atoms with E-state index in [1.807, 2.05) is 30.5 Å². The Hall–Kier alpha value is -2.93. The fourth-order valence-corrected chi connectivity index (χ4v) is 3.51. The zero-order chi connectivity index (χ0) is 18.8. The molecule has 1 saturated heterocycles. The molecule has 0 spiro atoms. The van der Waals surface area contributed by atoms with E-state index in [0.717, 1.165) is 35.4 Å². The predicted octanol–water partition coefficient (Wildman–Crippen LogP) is 2.50. The first-order chi connectivity index (χ1) is 13.1. The maximum absolute atomic E-state index is 12.5. The maximum atomic E-state index is 12.5. The van der Waals surface area contributed by atoms with E-state index in [1.165, 1.54) is 0 Å². The van der Waals surface area contributed by atoms with Crippen LogP contribution in [0.2, 0.25) is 0 Å². The predicted molar refractivity (Wildman–Crippen MR) is 104 cm³/mol. The van der Waals surface area contributed by atoms with Crippen LogP contribution in [0.25, 0.3) is 10.9 Å². The monoisotopic (exact) mass is 365 g/mol. The highest BCUT2D eigenvalue weighted by Crippen LogP contribution is 2.19. The number of nitrogens with one attached hydrogen (secondary N) is 2. The van der Waals surface area contributed by atoms with Crippen LogP contribution in [0.3, 0.4) is 0 Å². The molecule has 140 valence electrons. The number of nitrogens with zero attached hydrogens (tertiary/aromatic N) is 3. The number of morpholine rings is 1. The van der Waals surface area contributed by atoms with Gasteiger partial charge in [0.25, 0.3) is 5.91 Å². The van der Waals surface area contributed by atoms with Gasteiger partial charge in [0, 0.05) is 31.2 Å². The van der Waals surface area contributed by atoms with Crippen molar-refractivity contribution in [3.8, 4) is 0 Å². The summed E-state index contributed by atoms with van der Waals surface area (Å²) in [5, 5.41) is 10.7. The zero-order valence-electron chi connectivity index (χ0n) is 15.5. The van der Waals surface area contributed by atoms with Crippen LogP contribution < -0.4 is 10.2 Å². The average molecular weight is 365 g/mol. The zero-order valence-corrected chi connectivity index (χ0v) is 15.5. The largest absolute Gasteiger partial charge is 0.372 e. The summed E-state index contributed by atoms with van der Waals surface area (Å²) >= 11 is 0. The lowest BCUT2D eigenvalue weighted by Gasteiger charge is -2.36. The Morgan fingerprint density at radius 2 is 2.04 bits per heavy atom. The number of pyridine rings is 1. The molecule has 2 atom stereocenters. The summed E-state index contributed by atoms with van der Waals surface area (Å²) in [4.78, 5) is 19.3. The van der Waals surface area contributed by atoms with Gasteiger partial charge in [-0.2, -0.15) is 5.10 Å². The molecule has 3 aromatic rings. The van der Waals surface area contributed by atoms with Gasteiger partial charge >= 0.3 is 0 Å². The number of fused-ring (bicyclic) bond motifs is 1. The standard InChI is InChI=1S/C20H23N5O2/c1-13-11-25(12-14(2)27-13)18-7-6-15(8-21-18)9-22-20(26)17-5-3-4-16-10-23-24-19(16)17/h3-8,10,13-14H,9,11-12H2,1-2H3,(H,22,26)(H,23,24)/t13-,14+. The Balaban J connectivity index is 1.40. The van der Waals surface area contributed by atoms with E-state index >= 15 is 0 Å². The van der Waals surface area contributed by atoms with Crippen molar-refractivity contribution in [2.45, 2.75) is 32.6 Å². The van der Waals surface area contributed by atoms with E-state index in [4.69, 9.17) is 4.74 Å². The molecule has 4 rings (SSSR count). The lowest BCUT2D eigenvalue weighted by atomic mass is 10.1. The summed E-state index contributed by atoms with van der Waals surface area (Å²) in [6.45, 7) is 6.25. The van der Waals surface area contributed by atoms with Gasteiger partial charge in [-0.15, -0.1) is 0 Å². The molecular formula is C20H23N5O2. The molecule has 0 aliphatic carbocycles. The molecule has 0 saturated carbocycles. The second-order valence-electron chi connectivity index (χ2n) is 7.01. The molecule has 2 N–H and O–H groups in total. The van der Waals surface area contributed by atoms with Crippen LogP contribution in [-0.4, -0.2) is 46.4 Å². The fraction of sp³-hybridized carbons (Fsp3) is 0.350. The highest BCUT2D eigenvalue weighted by Gasteiger charge is 2.23. The van der Waals surface area contributed by atoms with Crippen molar-refractivity contribution in [2.75, 3.05) is 18.0 Å². The summed E-state index contributed by atoms with van der Waals surface area (Å²) in [5.41, 5.74) is 2.29. The van der Waals surface area contributed by atoms with Crippen molar-refractivity contribution in [1.82, 2.24) is 20.5 Å². The number of H-pyrrole nitrogens is 1. The van der Waals surface area contributed by atoms with E-state index < -0.39 is 0 Å². The molecule has 0 unspecified atom stereocenters. The number of carbonyl (C=O) groups excluding carboxylic acids is 1. The molecule has 1 fully saturated rings. The summed E-state index contributed by atoms with van der Waals surface area (Å²) in [6, 6.07) is 9.57. The van der Waals surface area contributed by atoms with Crippen LogP contribution in [0.15, 0.2) is 42.7 Å². The van der Waals surface area contributed by atoms with Crippen molar-refractivity contribution < 1.29 is 9.53 Å². The number of hydrogen-bond donors (Lipinski definition) is 2. The second-order valence-corrected chi connectivity index (χ2v) is 7.01. The SMILES string of the molecule is C[C@@H]1CN(c2ccc(CNC(=O)c3cccc4cn[nH]c34)cn2)C[C@H](C)O1. The Morgan fingerprint density at radius 1 is 1.22 bits per heavy atom. The second kappa shape index (κ2) is 7.36. The van der Waals surface area contributed by atoms with Crippen molar-refractivity contribution in [3.05, 3.63) is 53.9 Å². The summed E-state index contributed by atoms with van der Waals surface area (Å²) in [6.07, 6.45) is 3.92. The van der Waals surface area contributed by atoms with Crippen LogP contribution >= 0.6 is 0 Å². The summed E-state index contributed by atoms with van der Waals surface area (Å²) in [5.74, 6) is 0.805. The molecule has 2 aromatic heterocycles. The van der Waals surface area contributed by atoms with Crippen LogP contribution in [0.5, 0.6) is 0 Å². The van der Waals surface area contributed by atoms with Gasteiger partial charge in [0.05, 0.1) is 29.5 Å². The molecule has 7 nitrogen and oxygen atoms in total. The topological polar surface area (TPSA) is 83.1 Å². The van der Waals surface area contributed by atoms with Crippen molar-refractivity contribution >= 4 is 22.6 Å². The summed E-state index contributed by atoms with van der Waals surface area (Å²) < 4.78 is 5.77. The number of aromatic amines is 1. The normalized spacial score (nSPS) is 20.0. The molecule has 1 aliphatic heterocycles. The third-order valence-electron chi connectivity index (χ3n) is 4.73. The van der Waals surface area contributed by atoms with Gasteiger partial charge < -0.3 is 15.0 Å². The van der Waals surface area contributed by atoms with Gasteiger partial charge in [-0.3, -0.25) is 9.89 Å². The lowest BCUT2D eigenvalue weighted by molar-refractivity contribution is -0.00546. The van der Waals surface area contributed by atoms with E-state index in [2.05, 4.69) is 39.2 Å². The van der Waals surface area contributed by atoms with E-state index in [-0.39, 0.29) is 18.1 Å². The number of aromatic nitrogens is 3. The lowest BCUT2D eigenvalue weighted by Crippen LogP contribution is -2.45. The minimum Gasteiger partial charge on any atom is -0.372 e. The third-order valence-corrected chi connectivity index (χ3v) is 4.73. The highest BCUT2D eigenvalue weighted by molar-refractivity contribution is 6.05. The number of benzene rings is 1. The van der Waals surface area contributed by atoms with Gasteiger partial charge in [0.2, 0.25) is 0 Å². The quantitative estimate of drug-likeness (QED) is 0.742. The number of rotatable bonds is 4. The molecular weight excluding hydrogens is 342 g/mol. The van der Waals surface area contributed by atoms with Crippen LogP contribution in [-0.2, 0) is 11.3 Å². The first-order valence-electron chi connectivity index (χ1n) is 9.16. The minimum atomic E-state index is -0.134. The van der Waals surface area contributed by atoms with Crippen molar-refractivity contribution in [3.63, 3.8) is 0 Å². The Kier molecular flexibility index (Phi) is 4.77. The molecule has 1 aliphatic rings. The van der Waals surface area contributed by atoms with E-state index in [9.17, 15) is 4.79 Å². The van der Waals surface area contributed by atoms with Gasteiger partial charge in [-0.05, 0) is 31.5 Å². The number of para-hydroxylation sites is 1. The first kappa shape index (κ1) is 17.5. The number of anilines is 1. The Bertz CT molecular complexity index is 927. The van der Waals surface area contributed by atoms with Gasteiger partial charge in [-0.1, -0.05) is 18.2 Å². The van der Waals surface area contributed by atoms with Crippen molar-refractivity contribution in [1.29, 1.82) is 0 Å². The highest BCUT2D eigenvalue weighted by atomic mass is 16.5. The number of hydrogen-bond acceptors (Lipinski definition) is 5. The van der Waals surface area contributed by atoms with Gasteiger partial charge in [0.1, 0.15) is 5.82 Å². The minimum absolute atomic E-state index is 0.134. The Morgan fingerprint density at radius 3 is 2.78 bits per heavy atom. The van der Waals surface area contributed by atoms with Crippen LogP contribution in [0.4, 0.5) is 5.82 Å². The van der Waals surface area contributed by atoms with E-state index in [1.54, 1.807) is 12.3 Å².